The molecule has 1 aromatic rings. The number of Topliss-reactive ketones (excluding diaryl/α,β-unsaturated/α-hetero) is 2. The van der Waals surface area contributed by atoms with Gasteiger partial charge < -0.3 is 28.8 Å². The van der Waals surface area contributed by atoms with E-state index >= 15 is 4.79 Å². The van der Waals surface area contributed by atoms with Gasteiger partial charge in [0.1, 0.15) is 23.9 Å². The van der Waals surface area contributed by atoms with E-state index in [9.17, 15) is 24.6 Å². The molecule has 0 radical (unpaired) electrons. The molecule has 2 N–H and O–H groups in total. The molecule has 2 bridgehead atoms. The zero-order valence-corrected chi connectivity index (χ0v) is 31.3. The fraction of sp³-hybridized carbons (Fsp3) is 0.684. The number of esters is 2. The lowest BCUT2D eigenvalue weighted by Gasteiger charge is -2.68. The van der Waals surface area contributed by atoms with Gasteiger partial charge in [-0.05, 0) is 61.7 Å². The number of ether oxygens (including phenoxy) is 3. The van der Waals surface area contributed by atoms with E-state index in [-0.39, 0.29) is 36.2 Å². The van der Waals surface area contributed by atoms with Crippen molar-refractivity contribution >= 4 is 31.8 Å². The van der Waals surface area contributed by atoms with Gasteiger partial charge in [-0.25, -0.2) is 4.79 Å². The highest BCUT2D eigenvalue weighted by Gasteiger charge is 2.78. The van der Waals surface area contributed by atoms with E-state index in [0.29, 0.717) is 6.42 Å². The standard InChI is InChI=1S/C38H54O10Si/c1-9-13-19-28(40)47-37-22-45-27(37)20-26(48-49(10-2,11-3)12-4)36(8)31(37)33(46-34(43)24-17-15-14-16-18-24)38(44)21-25(39)23(5)29(35(38,6)7)30(41)32(36)42/h14-18,26-27,30-31,33,41,44H,9-13,19-22H2,1-8H3/t26-,27+,30+,31-,33-,36+,37-,38+/m0/s1. The first-order valence-electron chi connectivity index (χ1n) is 18.0. The average Bonchev–Trinajstić information content (AvgIpc) is 3.07. The van der Waals surface area contributed by atoms with Crippen LogP contribution in [0.4, 0.5) is 0 Å². The number of unbranched alkanes of at least 4 members (excludes halogenated alkanes) is 1. The van der Waals surface area contributed by atoms with Crippen molar-refractivity contribution in [2.45, 2.75) is 141 Å². The van der Waals surface area contributed by atoms with E-state index < -0.39 is 90.6 Å². The zero-order valence-electron chi connectivity index (χ0n) is 30.3. The number of benzene rings is 1. The van der Waals surface area contributed by atoms with Crippen LogP contribution in [0.1, 0.15) is 97.9 Å². The fourth-order valence-corrected chi connectivity index (χ4v) is 12.2. The maximum Gasteiger partial charge on any atom is 0.338 e. The summed E-state index contributed by atoms with van der Waals surface area (Å²) in [5.41, 5.74) is -6.23. The molecule has 270 valence electrons. The third-order valence-corrected chi connectivity index (χ3v) is 17.4. The molecule has 1 saturated heterocycles. The largest absolute Gasteiger partial charge is 0.455 e. The predicted octanol–water partition coefficient (Wildman–Crippen LogP) is 5.49. The number of rotatable bonds is 11. The minimum Gasteiger partial charge on any atom is -0.455 e. The molecule has 0 unspecified atom stereocenters. The first-order valence-corrected chi connectivity index (χ1v) is 20.5. The molecule has 1 aromatic carbocycles. The summed E-state index contributed by atoms with van der Waals surface area (Å²) < 4.78 is 26.2. The van der Waals surface area contributed by atoms with Crippen molar-refractivity contribution in [3.8, 4) is 0 Å². The molecule has 5 rings (SSSR count). The van der Waals surface area contributed by atoms with E-state index in [1.807, 2.05) is 6.92 Å². The van der Waals surface area contributed by atoms with Crippen LogP contribution in [0.3, 0.4) is 0 Å². The summed E-state index contributed by atoms with van der Waals surface area (Å²) in [6.07, 6.45) is -3.70. The van der Waals surface area contributed by atoms with Crippen LogP contribution in [-0.2, 0) is 33.0 Å². The zero-order chi connectivity index (χ0) is 36.2. The van der Waals surface area contributed by atoms with Crippen molar-refractivity contribution in [2.75, 3.05) is 6.61 Å². The number of allylic oxidation sites excluding steroid dienone is 1. The minimum atomic E-state index is -2.45. The Labute approximate surface area is 291 Å². The maximum atomic E-state index is 15.3. The molecule has 1 aliphatic heterocycles. The number of carbonyl (C=O) groups is 4. The number of carbonyl (C=O) groups excluding carboxylic acids is 4. The monoisotopic (exact) mass is 698 g/mol. The highest BCUT2D eigenvalue weighted by molar-refractivity contribution is 6.73. The summed E-state index contributed by atoms with van der Waals surface area (Å²) in [6, 6.07) is 10.6. The van der Waals surface area contributed by atoms with Crippen molar-refractivity contribution in [1.82, 2.24) is 0 Å². The molecule has 1 heterocycles. The minimum absolute atomic E-state index is 0.0985. The second-order valence-corrected chi connectivity index (χ2v) is 20.0. The van der Waals surface area contributed by atoms with E-state index in [0.717, 1.165) is 24.6 Å². The second-order valence-electron chi connectivity index (χ2n) is 15.3. The maximum absolute atomic E-state index is 15.3. The molecule has 4 aliphatic rings. The van der Waals surface area contributed by atoms with Gasteiger partial charge in [-0.15, -0.1) is 0 Å². The van der Waals surface area contributed by atoms with Gasteiger partial charge in [-0.1, -0.05) is 66.2 Å². The third-order valence-electron chi connectivity index (χ3n) is 12.8. The fourth-order valence-electron chi connectivity index (χ4n) is 9.25. The SMILES string of the molecule is CCCCC(=O)O[C@@]12CO[C@@H]1C[C@H](O[Si](CC)(CC)CC)[C@@]1(C)C(=O)[C@H](O)C3=C(C)C(=O)C[C@@](O)([C@@H](OC(=O)c4ccccc4)[C@H]21)C3(C)C. The van der Waals surface area contributed by atoms with Gasteiger partial charge in [0.25, 0.3) is 0 Å². The molecule has 10 nitrogen and oxygen atoms in total. The van der Waals surface area contributed by atoms with Gasteiger partial charge in [0.05, 0.1) is 29.6 Å². The smallest absolute Gasteiger partial charge is 0.338 e. The van der Waals surface area contributed by atoms with E-state index in [4.69, 9.17) is 18.6 Å². The second kappa shape index (κ2) is 13.4. The summed E-state index contributed by atoms with van der Waals surface area (Å²) in [6.45, 7) is 14.7. The highest BCUT2D eigenvalue weighted by Crippen LogP contribution is 2.64. The molecule has 8 atom stereocenters. The van der Waals surface area contributed by atoms with Crippen LogP contribution in [0.15, 0.2) is 41.5 Å². The van der Waals surface area contributed by atoms with Crippen molar-refractivity contribution in [1.29, 1.82) is 0 Å². The Kier molecular flexibility index (Phi) is 10.3. The molecule has 11 heteroatoms. The van der Waals surface area contributed by atoms with Gasteiger partial charge in [0.2, 0.25) is 0 Å². The number of aliphatic hydroxyl groups excluding tert-OH is 1. The molecular formula is C38H54O10Si. The van der Waals surface area contributed by atoms with Gasteiger partial charge in [-0.3, -0.25) is 14.4 Å². The quantitative estimate of drug-likeness (QED) is 0.225. The van der Waals surface area contributed by atoms with Crippen LogP contribution >= 0.6 is 0 Å². The molecular weight excluding hydrogens is 644 g/mol. The molecule has 2 saturated carbocycles. The van der Waals surface area contributed by atoms with Crippen LogP contribution in [0, 0.1) is 16.7 Å². The summed E-state index contributed by atoms with van der Waals surface area (Å²) in [5.74, 6) is -3.60. The number of hydrogen-bond acceptors (Lipinski definition) is 10. The first-order chi connectivity index (χ1) is 23.0. The average molecular weight is 699 g/mol. The Bertz CT molecular complexity index is 1490. The molecule has 49 heavy (non-hydrogen) atoms. The van der Waals surface area contributed by atoms with E-state index in [2.05, 4.69) is 20.8 Å². The topological polar surface area (TPSA) is 146 Å². The lowest BCUT2D eigenvalue weighted by atomic mass is 9.45. The number of fused-ring (bicyclic) bond motifs is 5. The van der Waals surface area contributed by atoms with Crippen molar-refractivity contribution in [3.63, 3.8) is 0 Å². The number of hydrogen-bond donors (Lipinski definition) is 2. The van der Waals surface area contributed by atoms with Gasteiger partial charge >= 0.3 is 11.9 Å². The number of aliphatic hydroxyl groups is 2. The van der Waals surface area contributed by atoms with Gasteiger partial charge in [0, 0.05) is 24.7 Å². The lowest BCUT2D eigenvalue weighted by molar-refractivity contribution is -0.343. The molecule has 0 spiro atoms. The van der Waals surface area contributed by atoms with Crippen LogP contribution < -0.4 is 0 Å². The molecule has 3 fully saturated rings. The normalized spacial score (nSPS) is 35.3. The van der Waals surface area contributed by atoms with E-state index in [1.165, 1.54) is 0 Å². The summed E-state index contributed by atoms with van der Waals surface area (Å²) >= 11 is 0. The molecule has 0 amide bonds. The van der Waals surface area contributed by atoms with Crippen LogP contribution in [0.25, 0.3) is 0 Å². The Morgan fingerprint density at radius 1 is 1.02 bits per heavy atom. The molecule has 3 aliphatic carbocycles. The lowest BCUT2D eigenvalue weighted by Crippen LogP contribution is -2.82. The Morgan fingerprint density at radius 3 is 2.20 bits per heavy atom. The third kappa shape index (κ3) is 5.68. The van der Waals surface area contributed by atoms with Crippen LogP contribution in [-0.4, -0.2) is 84.3 Å². The Balaban J connectivity index is 1.83. The predicted molar refractivity (Wildman–Crippen MR) is 184 cm³/mol. The van der Waals surface area contributed by atoms with E-state index in [1.54, 1.807) is 58.0 Å². The highest BCUT2D eigenvalue weighted by atomic mass is 28.4. The van der Waals surface area contributed by atoms with Crippen molar-refractivity contribution in [2.24, 2.45) is 16.7 Å². The number of ketones is 2. The van der Waals surface area contributed by atoms with Gasteiger partial charge in [-0.2, -0.15) is 0 Å². The summed E-state index contributed by atoms with van der Waals surface area (Å²) in [7, 11) is -2.45. The Hall–Kier alpha value is -2.70. The molecule has 0 aromatic heterocycles. The van der Waals surface area contributed by atoms with Crippen LogP contribution in [0.5, 0.6) is 0 Å². The van der Waals surface area contributed by atoms with Crippen molar-refractivity contribution < 1.29 is 48.0 Å². The Morgan fingerprint density at radius 2 is 1.65 bits per heavy atom. The summed E-state index contributed by atoms with van der Waals surface area (Å²) in [4.78, 5) is 56.7. The summed E-state index contributed by atoms with van der Waals surface area (Å²) in [5, 5.41) is 25.3. The first kappa shape index (κ1) is 37.5. The van der Waals surface area contributed by atoms with Gasteiger partial charge in [0.15, 0.2) is 25.5 Å². The van der Waals surface area contributed by atoms with Crippen molar-refractivity contribution in [3.05, 3.63) is 47.0 Å². The van der Waals surface area contributed by atoms with Crippen LogP contribution in [0.2, 0.25) is 18.1 Å².